The SMILES string of the molecule is Cc1nn(-c2ccccc2)c(Cl)c1CN1C(=O)N[C@@](C)(c2ccc3c(c2)OCO3)C1=O. The first kappa shape index (κ1) is 19.4. The van der Waals surface area contributed by atoms with E-state index >= 15 is 0 Å². The number of carbonyl (C=O) groups is 2. The van der Waals surface area contributed by atoms with E-state index in [-0.39, 0.29) is 19.2 Å². The highest BCUT2D eigenvalue weighted by Gasteiger charge is 2.49. The zero-order valence-electron chi connectivity index (χ0n) is 16.9. The number of carbonyl (C=O) groups excluding carboxylic acids is 2. The van der Waals surface area contributed by atoms with Crippen molar-refractivity contribution in [3.8, 4) is 17.2 Å². The van der Waals surface area contributed by atoms with E-state index in [1.807, 2.05) is 30.3 Å². The number of amides is 3. The second kappa shape index (κ2) is 7.02. The normalized spacial score (nSPS) is 19.8. The Morgan fingerprint density at radius 2 is 1.87 bits per heavy atom. The number of aromatic nitrogens is 2. The summed E-state index contributed by atoms with van der Waals surface area (Å²) in [7, 11) is 0. The molecule has 1 N–H and O–H groups in total. The standard InChI is InChI=1S/C22H19ClN4O4/c1-13-16(19(23)27(25-13)15-6-4-3-5-7-15)11-26-20(28)22(2,24-21(26)29)14-8-9-17-18(10-14)31-12-30-17/h3-10H,11-12H2,1-2H3,(H,24,29)/t22-/m0/s1. The Bertz CT molecular complexity index is 1210. The molecule has 2 aliphatic heterocycles. The number of hydrogen-bond donors (Lipinski definition) is 1. The minimum Gasteiger partial charge on any atom is -0.454 e. The zero-order valence-corrected chi connectivity index (χ0v) is 17.6. The molecule has 1 fully saturated rings. The van der Waals surface area contributed by atoms with Crippen LogP contribution in [0.3, 0.4) is 0 Å². The van der Waals surface area contributed by atoms with E-state index in [1.54, 1.807) is 36.7 Å². The van der Waals surface area contributed by atoms with Gasteiger partial charge in [0.2, 0.25) is 6.79 Å². The number of hydrogen-bond acceptors (Lipinski definition) is 5. The predicted octanol–water partition coefficient (Wildman–Crippen LogP) is 3.53. The quantitative estimate of drug-likeness (QED) is 0.630. The van der Waals surface area contributed by atoms with E-state index in [4.69, 9.17) is 21.1 Å². The number of urea groups is 1. The number of para-hydroxylation sites is 1. The van der Waals surface area contributed by atoms with Crippen molar-refractivity contribution in [1.82, 2.24) is 20.0 Å². The van der Waals surface area contributed by atoms with Gasteiger partial charge in [0.05, 0.1) is 17.9 Å². The minimum absolute atomic E-state index is 0.0162. The van der Waals surface area contributed by atoms with E-state index in [0.29, 0.717) is 33.5 Å². The van der Waals surface area contributed by atoms with Gasteiger partial charge in [-0.2, -0.15) is 5.10 Å². The maximum atomic E-state index is 13.3. The average Bonchev–Trinajstić information content (AvgIpc) is 3.41. The van der Waals surface area contributed by atoms with Crippen molar-refractivity contribution < 1.29 is 19.1 Å². The number of rotatable bonds is 4. The van der Waals surface area contributed by atoms with Crippen LogP contribution >= 0.6 is 11.6 Å². The monoisotopic (exact) mass is 438 g/mol. The van der Waals surface area contributed by atoms with E-state index in [9.17, 15) is 9.59 Å². The maximum absolute atomic E-state index is 13.3. The Morgan fingerprint density at radius 3 is 2.65 bits per heavy atom. The molecule has 8 nitrogen and oxygen atoms in total. The molecule has 1 atom stereocenters. The Labute approximate surface area is 183 Å². The molecule has 0 aliphatic carbocycles. The number of aryl methyl sites for hydroxylation is 1. The van der Waals surface area contributed by atoms with Gasteiger partial charge in [-0.25, -0.2) is 9.48 Å². The van der Waals surface area contributed by atoms with Crippen LogP contribution in [0, 0.1) is 6.92 Å². The van der Waals surface area contributed by atoms with Gasteiger partial charge in [-0.15, -0.1) is 0 Å². The van der Waals surface area contributed by atoms with Crippen LogP contribution in [-0.2, 0) is 16.9 Å². The lowest BCUT2D eigenvalue weighted by molar-refractivity contribution is -0.131. The minimum atomic E-state index is -1.23. The molecule has 3 amide bonds. The Balaban J connectivity index is 1.45. The molecule has 31 heavy (non-hydrogen) atoms. The van der Waals surface area contributed by atoms with Crippen LogP contribution in [0.15, 0.2) is 48.5 Å². The summed E-state index contributed by atoms with van der Waals surface area (Å²) in [5, 5.41) is 7.66. The van der Waals surface area contributed by atoms with E-state index in [1.165, 1.54) is 0 Å². The molecular weight excluding hydrogens is 420 g/mol. The highest BCUT2D eigenvalue weighted by molar-refractivity contribution is 6.30. The number of nitrogens with one attached hydrogen (secondary N) is 1. The molecule has 0 bridgehead atoms. The second-order valence-corrected chi connectivity index (χ2v) is 7.97. The molecule has 5 rings (SSSR count). The van der Waals surface area contributed by atoms with Crippen molar-refractivity contribution in [2.24, 2.45) is 0 Å². The fourth-order valence-electron chi connectivity index (χ4n) is 3.85. The summed E-state index contributed by atoms with van der Waals surface area (Å²) < 4.78 is 12.3. The van der Waals surface area contributed by atoms with Crippen molar-refractivity contribution in [3.63, 3.8) is 0 Å². The molecule has 0 unspecified atom stereocenters. The molecular formula is C22H19ClN4O4. The number of imide groups is 1. The van der Waals surface area contributed by atoms with E-state index in [2.05, 4.69) is 10.4 Å². The molecule has 2 aromatic carbocycles. The third kappa shape index (κ3) is 3.02. The van der Waals surface area contributed by atoms with Crippen LogP contribution in [0.4, 0.5) is 4.79 Å². The van der Waals surface area contributed by atoms with Gasteiger partial charge in [0.15, 0.2) is 11.5 Å². The predicted molar refractivity (Wildman–Crippen MR) is 112 cm³/mol. The van der Waals surface area contributed by atoms with Gasteiger partial charge in [-0.1, -0.05) is 35.9 Å². The van der Waals surface area contributed by atoms with Gasteiger partial charge in [-0.05, 0) is 43.7 Å². The highest BCUT2D eigenvalue weighted by Crippen LogP contribution is 2.38. The number of fused-ring (bicyclic) bond motifs is 1. The van der Waals surface area contributed by atoms with E-state index in [0.717, 1.165) is 10.6 Å². The number of nitrogens with zero attached hydrogens (tertiary/aromatic N) is 3. The molecule has 1 aromatic heterocycles. The molecule has 3 aromatic rings. The summed E-state index contributed by atoms with van der Waals surface area (Å²) in [5.74, 6) is 0.776. The Kier molecular flexibility index (Phi) is 4.40. The molecule has 0 radical (unpaired) electrons. The molecule has 158 valence electrons. The van der Waals surface area contributed by atoms with Gasteiger partial charge in [0.25, 0.3) is 5.91 Å². The van der Waals surface area contributed by atoms with Gasteiger partial charge >= 0.3 is 6.03 Å². The largest absolute Gasteiger partial charge is 0.454 e. The smallest absolute Gasteiger partial charge is 0.325 e. The molecule has 1 saturated heterocycles. The fourth-order valence-corrected chi connectivity index (χ4v) is 4.19. The van der Waals surface area contributed by atoms with Gasteiger partial charge in [-0.3, -0.25) is 9.69 Å². The van der Waals surface area contributed by atoms with Gasteiger partial charge < -0.3 is 14.8 Å². The first-order valence-corrected chi connectivity index (χ1v) is 10.1. The van der Waals surface area contributed by atoms with Crippen molar-refractivity contribution in [2.75, 3.05) is 6.79 Å². The molecule has 2 aliphatic rings. The number of halogens is 1. The van der Waals surface area contributed by atoms with Crippen LogP contribution in [0.25, 0.3) is 5.69 Å². The van der Waals surface area contributed by atoms with Crippen molar-refractivity contribution in [3.05, 3.63) is 70.5 Å². The van der Waals surface area contributed by atoms with Crippen molar-refractivity contribution in [1.29, 1.82) is 0 Å². The van der Waals surface area contributed by atoms with Crippen LogP contribution in [-0.4, -0.2) is 33.4 Å². The molecule has 9 heteroatoms. The summed E-state index contributed by atoms with van der Waals surface area (Å²) in [4.78, 5) is 27.3. The zero-order chi connectivity index (χ0) is 21.8. The Morgan fingerprint density at radius 1 is 1.13 bits per heavy atom. The van der Waals surface area contributed by atoms with Crippen molar-refractivity contribution in [2.45, 2.75) is 25.9 Å². The average molecular weight is 439 g/mol. The third-order valence-corrected chi connectivity index (χ3v) is 6.05. The van der Waals surface area contributed by atoms with Crippen LogP contribution in [0.1, 0.15) is 23.7 Å². The lowest BCUT2D eigenvalue weighted by Gasteiger charge is -2.22. The maximum Gasteiger partial charge on any atom is 0.325 e. The van der Waals surface area contributed by atoms with Crippen LogP contribution in [0.2, 0.25) is 5.15 Å². The Hall–Kier alpha value is -3.52. The highest BCUT2D eigenvalue weighted by atomic mass is 35.5. The van der Waals surface area contributed by atoms with E-state index < -0.39 is 11.6 Å². The molecule has 0 spiro atoms. The lowest BCUT2D eigenvalue weighted by atomic mass is 9.91. The summed E-state index contributed by atoms with van der Waals surface area (Å²) in [6.07, 6.45) is 0. The summed E-state index contributed by atoms with van der Waals surface area (Å²) in [6.45, 7) is 3.62. The summed E-state index contributed by atoms with van der Waals surface area (Å²) in [5.41, 5.74) is 1.44. The summed E-state index contributed by atoms with van der Waals surface area (Å²) >= 11 is 6.59. The van der Waals surface area contributed by atoms with Crippen LogP contribution in [0.5, 0.6) is 11.5 Å². The number of ether oxygens (including phenoxy) is 2. The third-order valence-electron chi connectivity index (χ3n) is 5.66. The molecule has 0 saturated carbocycles. The first-order chi connectivity index (χ1) is 14.9. The van der Waals surface area contributed by atoms with Crippen LogP contribution < -0.4 is 14.8 Å². The van der Waals surface area contributed by atoms with Gasteiger partial charge in [0.1, 0.15) is 10.7 Å². The van der Waals surface area contributed by atoms with Gasteiger partial charge in [0, 0.05) is 5.56 Å². The second-order valence-electron chi connectivity index (χ2n) is 7.62. The number of benzene rings is 2. The fraction of sp³-hybridized carbons (Fsp3) is 0.227. The van der Waals surface area contributed by atoms with Crippen molar-refractivity contribution >= 4 is 23.5 Å². The topological polar surface area (TPSA) is 85.7 Å². The lowest BCUT2D eigenvalue weighted by Crippen LogP contribution is -2.40. The molecule has 3 heterocycles. The first-order valence-electron chi connectivity index (χ1n) is 9.72. The summed E-state index contributed by atoms with van der Waals surface area (Å²) in [6, 6.07) is 14.1.